The molecule has 1 N–H and O–H groups in total. The zero-order valence-electron chi connectivity index (χ0n) is 13.7. The molecule has 1 aliphatic carbocycles. The number of nitrogens with one attached hydrogen (secondary N) is 1. The van der Waals surface area contributed by atoms with Crippen molar-refractivity contribution in [2.75, 3.05) is 0 Å². The van der Waals surface area contributed by atoms with E-state index in [1.54, 1.807) is 17.1 Å². The number of aromatic nitrogens is 2. The number of halogens is 1. The molecular formula is C20H14ClN4O. The first kappa shape index (κ1) is 16.4. The molecule has 1 aliphatic rings. The van der Waals surface area contributed by atoms with Gasteiger partial charge in [-0.15, -0.1) is 0 Å². The lowest BCUT2D eigenvalue weighted by Crippen LogP contribution is -2.31. The van der Waals surface area contributed by atoms with Crippen LogP contribution in [0.15, 0.2) is 54.7 Å². The van der Waals surface area contributed by atoms with Crippen molar-refractivity contribution in [1.82, 2.24) is 15.1 Å². The molecule has 26 heavy (non-hydrogen) atoms. The molecular weight excluding hydrogens is 348 g/mol. The highest BCUT2D eigenvalue weighted by molar-refractivity contribution is 6.30. The lowest BCUT2D eigenvalue weighted by atomic mass is 9.93. The second-order valence-electron chi connectivity index (χ2n) is 6.29. The summed E-state index contributed by atoms with van der Waals surface area (Å²) >= 11 is 5.85. The van der Waals surface area contributed by atoms with Crippen LogP contribution >= 0.6 is 11.6 Å². The molecule has 1 amide bonds. The molecule has 1 fully saturated rings. The van der Waals surface area contributed by atoms with Crippen LogP contribution in [0.2, 0.25) is 5.02 Å². The van der Waals surface area contributed by atoms with Crippen molar-refractivity contribution in [3.8, 4) is 23.0 Å². The van der Waals surface area contributed by atoms with Crippen LogP contribution in [0.5, 0.6) is 0 Å². The summed E-state index contributed by atoms with van der Waals surface area (Å²) in [6.07, 6.45) is 7.73. The van der Waals surface area contributed by atoms with E-state index < -0.39 is 5.41 Å². The first-order chi connectivity index (χ1) is 12.6. The van der Waals surface area contributed by atoms with Gasteiger partial charge in [-0.05, 0) is 41.7 Å². The second-order valence-corrected chi connectivity index (χ2v) is 6.70. The smallest absolute Gasteiger partial charge is 0.243 e. The Balaban J connectivity index is 1.56. The minimum Gasteiger partial charge on any atom is -0.273 e. The van der Waals surface area contributed by atoms with Gasteiger partial charge >= 0.3 is 0 Å². The monoisotopic (exact) mass is 361 g/mol. The summed E-state index contributed by atoms with van der Waals surface area (Å²) in [5.41, 5.74) is 3.41. The van der Waals surface area contributed by atoms with Gasteiger partial charge in [-0.2, -0.15) is 10.4 Å². The number of rotatable bonds is 4. The largest absolute Gasteiger partial charge is 0.273 e. The Hall–Kier alpha value is -3.10. The van der Waals surface area contributed by atoms with Crippen LogP contribution in [-0.2, 0) is 10.2 Å². The molecule has 1 radical (unpaired) electrons. The quantitative estimate of drug-likeness (QED) is 0.570. The van der Waals surface area contributed by atoms with Crippen LogP contribution in [0.1, 0.15) is 18.4 Å². The fourth-order valence-corrected chi connectivity index (χ4v) is 3.24. The number of hydrogen-bond donors (Lipinski definition) is 1. The van der Waals surface area contributed by atoms with Crippen LogP contribution < -0.4 is 5.32 Å². The van der Waals surface area contributed by atoms with Crippen LogP contribution in [0, 0.1) is 17.7 Å². The number of benzene rings is 2. The van der Waals surface area contributed by atoms with E-state index in [2.05, 4.69) is 16.6 Å². The van der Waals surface area contributed by atoms with E-state index in [4.69, 9.17) is 16.9 Å². The van der Waals surface area contributed by atoms with Crippen molar-refractivity contribution in [1.29, 1.82) is 5.26 Å². The molecule has 0 saturated heterocycles. The van der Waals surface area contributed by atoms with Crippen molar-refractivity contribution >= 4 is 17.5 Å². The Labute approximate surface area is 155 Å². The first-order valence-electron chi connectivity index (χ1n) is 8.16. The molecule has 1 saturated carbocycles. The van der Waals surface area contributed by atoms with E-state index in [-0.39, 0.29) is 5.91 Å². The highest BCUT2D eigenvalue weighted by Crippen LogP contribution is 2.48. The molecule has 3 aromatic rings. The normalized spacial score (nSPS) is 14.5. The Morgan fingerprint density at radius 2 is 1.77 bits per heavy atom. The third-order valence-electron chi connectivity index (χ3n) is 4.74. The molecule has 127 valence electrons. The zero-order valence-corrected chi connectivity index (χ0v) is 14.5. The fraction of sp³-hybridized carbons (Fsp3) is 0.150. The van der Waals surface area contributed by atoms with Crippen LogP contribution in [0.4, 0.5) is 0 Å². The average molecular weight is 362 g/mol. The average Bonchev–Trinajstić information content (AvgIpc) is 3.38. The van der Waals surface area contributed by atoms with Crippen LogP contribution in [0.3, 0.4) is 0 Å². The molecule has 6 heteroatoms. The molecule has 1 aromatic heterocycles. The van der Waals surface area contributed by atoms with Crippen molar-refractivity contribution in [3.63, 3.8) is 0 Å². The lowest BCUT2D eigenvalue weighted by molar-refractivity contribution is -0.122. The van der Waals surface area contributed by atoms with E-state index in [0.717, 1.165) is 35.2 Å². The van der Waals surface area contributed by atoms with Gasteiger partial charge in [-0.1, -0.05) is 48.0 Å². The lowest BCUT2D eigenvalue weighted by Gasteiger charge is -2.13. The fourth-order valence-electron chi connectivity index (χ4n) is 3.12. The van der Waals surface area contributed by atoms with E-state index in [0.29, 0.717) is 5.02 Å². The topological polar surface area (TPSA) is 70.7 Å². The van der Waals surface area contributed by atoms with E-state index in [1.807, 2.05) is 48.5 Å². The summed E-state index contributed by atoms with van der Waals surface area (Å²) in [4.78, 5) is 12.1. The van der Waals surface area contributed by atoms with Crippen molar-refractivity contribution < 1.29 is 4.79 Å². The molecule has 0 unspecified atom stereocenters. The Morgan fingerprint density at radius 1 is 1.15 bits per heavy atom. The first-order valence-corrected chi connectivity index (χ1v) is 8.54. The maximum atomic E-state index is 12.1. The highest BCUT2D eigenvalue weighted by Gasteiger charge is 2.51. The van der Waals surface area contributed by atoms with E-state index >= 15 is 0 Å². The van der Waals surface area contributed by atoms with Gasteiger partial charge in [-0.25, -0.2) is 4.68 Å². The predicted molar refractivity (Wildman–Crippen MR) is 97.5 cm³/mol. The maximum Gasteiger partial charge on any atom is 0.243 e. The number of hydrogen-bond acceptors (Lipinski definition) is 3. The minimum atomic E-state index is -0.534. The number of nitriles is 1. The molecule has 0 spiro atoms. The Bertz CT molecular complexity index is 996. The molecule has 0 bridgehead atoms. The predicted octanol–water partition coefficient (Wildman–Crippen LogP) is 3.62. The van der Waals surface area contributed by atoms with E-state index in [1.165, 1.54) is 0 Å². The van der Waals surface area contributed by atoms with Gasteiger partial charge in [0.15, 0.2) is 6.19 Å². The van der Waals surface area contributed by atoms with Gasteiger partial charge < -0.3 is 0 Å². The van der Waals surface area contributed by atoms with Crippen LogP contribution in [-0.4, -0.2) is 15.7 Å². The van der Waals surface area contributed by atoms with Gasteiger partial charge in [0.05, 0.1) is 22.3 Å². The van der Waals surface area contributed by atoms with Gasteiger partial charge in [0, 0.05) is 0 Å². The molecule has 0 atom stereocenters. The molecule has 0 aliphatic heterocycles. The molecule has 4 rings (SSSR count). The summed E-state index contributed by atoms with van der Waals surface area (Å²) in [5, 5.41) is 15.5. The maximum absolute atomic E-state index is 12.1. The minimum absolute atomic E-state index is 0.216. The summed E-state index contributed by atoms with van der Waals surface area (Å²) in [6.45, 7) is 0. The number of carbonyl (C=O) groups is 1. The van der Waals surface area contributed by atoms with Crippen molar-refractivity contribution in [3.05, 3.63) is 71.5 Å². The highest BCUT2D eigenvalue weighted by atomic mass is 35.5. The summed E-state index contributed by atoms with van der Waals surface area (Å²) in [6, 6.07) is 15.8. The third-order valence-corrected chi connectivity index (χ3v) is 4.92. The molecule has 2 aromatic carbocycles. The summed E-state index contributed by atoms with van der Waals surface area (Å²) < 4.78 is 1.60. The van der Waals surface area contributed by atoms with Crippen molar-refractivity contribution in [2.24, 2.45) is 0 Å². The van der Waals surface area contributed by atoms with Crippen LogP contribution in [0.25, 0.3) is 16.8 Å². The number of carbonyl (C=O) groups excluding carboxylic acids is 1. The third kappa shape index (κ3) is 2.85. The standard InChI is InChI=1S/C20H14ClN4O/c21-17-11-24-25(12-17)18-7-3-15(4-8-18)14-1-5-16(6-2-14)20(9-10-20)19(26)23-13-22/h1-8,11H,9-10H2,(H,23,26). The second kappa shape index (κ2) is 6.32. The molecule has 5 nitrogen and oxygen atoms in total. The summed E-state index contributed by atoms with van der Waals surface area (Å²) in [7, 11) is 0. The van der Waals surface area contributed by atoms with E-state index in [9.17, 15) is 4.79 Å². The molecule has 1 heterocycles. The Kier molecular flexibility index (Phi) is 3.98. The van der Waals surface area contributed by atoms with Gasteiger partial charge in [0.1, 0.15) is 6.20 Å². The van der Waals surface area contributed by atoms with Crippen molar-refractivity contribution in [2.45, 2.75) is 18.3 Å². The van der Waals surface area contributed by atoms with Gasteiger partial charge in [-0.3, -0.25) is 10.1 Å². The summed E-state index contributed by atoms with van der Waals surface area (Å²) in [5.74, 6) is -0.216. The SMILES string of the molecule is N#CNC(=O)C1(c2ccc(-c3ccc(-n4[c]c(Cl)cn4)cc3)cc2)CC1. The van der Waals surface area contributed by atoms with Gasteiger partial charge in [0.2, 0.25) is 5.91 Å². The Morgan fingerprint density at radius 3 is 2.27 bits per heavy atom. The number of nitrogens with zero attached hydrogens (tertiary/aromatic N) is 3. The van der Waals surface area contributed by atoms with Gasteiger partial charge in [0.25, 0.3) is 0 Å². The zero-order chi connectivity index (χ0) is 18.1. The number of amides is 1.